The number of methoxy groups -OCH3 is 1. The number of aromatic nitrogens is 1. The van der Waals surface area contributed by atoms with Crippen LogP contribution in [0.5, 0.6) is 5.75 Å². The number of ether oxygens (including phenoxy) is 1. The SMILES string of the molecule is COc1ccc(C)cc1/C=C/C(=O)N(C)Cc1cccnc1. The third-order valence-electron chi connectivity index (χ3n) is 3.31. The van der Waals surface area contributed by atoms with Crippen LogP contribution in [-0.4, -0.2) is 29.9 Å². The molecule has 0 aliphatic carbocycles. The number of amides is 1. The van der Waals surface area contributed by atoms with E-state index >= 15 is 0 Å². The highest BCUT2D eigenvalue weighted by atomic mass is 16.5. The molecule has 4 heteroatoms. The van der Waals surface area contributed by atoms with E-state index in [1.807, 2.05) is 37.3 Å². The van der Waals surface area contributed by atoms with Crippen LogP contribution in [0.3, 0.4) is 0 Å². The molecule has 0 radical (unpaired) electrons. The highest BCUT2D eigenvalue weighted by molar-refractivity contribution is 5.92. The third-order valence-corrected chi connectivity index (χ3v) is 3.31. The van der Waals surface area contributed by atoms with Crippen LogP contribution in [0.25, 0.3) is 6.08 Å². The molecule has 0 saturated carbocycles. The van der Waals surface area contributed by atoms with Crippen LogP contribution in [0, 0.1) is 6.92 Å². The van der Waals surface area contributed by atoms with Gasteiger partial charge in [-0.2, -0.15) is 0 Å². The highest BCUT2D eigenvalue weighted by Gasteiger charge is 2.06. The van der Waals surface area contributed by atoms with Gasteiger partial charge in [0.15, 0.2) is 0 Å². The molecule has 114 valence electrons. The van der Waals surface area contributed by atoms with Crippen LogP contribution in [0.4, 0.5) is 0 Å². The summed E-state index contributed by atoms with van der Waals surface area (Å²) >= 11 is 0. The minimum Gasteiger partial charge on any atom is -0.496 e. The van der Waals surface area contributed by atoms with Crippen molar-refractivity contribution in [3.05, 3.63) is 65.5 Å². The molecule has 1 heterocycles. The number of rotatable bonds is 5. The first-order chi connectivity index (χ1) is 10.6. The third kappa shape index (κ3) is 4.19. The van der Waals surface area contributed by atoms with Gasteiger partial charge in [-0.05, 0) is 36.8 Å². The first-order valence-electron chi connectivity index (χ1n) is 7.07. The Bertz CT molecular complexity index is 666. The molecule has 0 bridgehead atoms. The number of carbonyl (C=O) groups excluding carboxylic acids is 1. The van der Waals surface area contributed by atoms with Gasteiger partial charge in [-0.15, -0.1) is 0 Å². The van der Waals surface area contributed by atoms with Gasteiger partial charge in [0.25, 0.3) is 0 Å². The Morgan fingerprint density at radius 2 is 2.18 bits per heavy atom. The molecule has 2 rings (SSSR count). The van der Waals surface area contributed by atoms with E-state index in [1.54, 1.807) is 43.6 Å². The highest BCUT2D eigenvalue weighted by Crippen LogP contribution is 2.21. The van der Waals surface area contributed by atoms with E-state index in [4.69, 9.17) is 4.74 Å². The number of pyridine rings is 1. The second kappa shape index (κ2) is 7.41. The predicted molar refractivity (Wildman–Crippen MR) is 87.5 cm³/mol. The normalized spacial score (nSPS) is 10.7. The van der Waals surface area contributed by atoms with Crippen molar-refractivity contribution in [1.82, 2.24) is 9.88 Å². The van der Waals surface area contributed by atoms with E-state index < -0.39 is 0 Å². The van der Waals surface area contributed by atoms with Gasteiger partial charge in [0.2, 0.25) is 5.91 Å². The Hall–Kier alpha value is -2.62. The Kier molecular flexibility index (Phi) is 5.31. The van der Waals surface area contributed by atoms with Crippen molar-refractivity contribution in [2.75, 3.05) is 14.2 Å². The lowest BCUT2D eigenvalue weighted by Crippen LogP contribution is -2.24. The maximum absolute atomic E-state index is 12.2. The summed E-state index contributed by atoms with van der Waals surface area (Å²) in [4.78, 5) is 17.9. The molecule has 0 spiro atoms. The molecule has 0 N–H and O–H groups in total. The summed E-state index contributed by atoms with van der Waals surface area (Å²) in [5.41, 5.74) is 3.02. The average molecular weight is 296 g/mol. The molecule has 0 fully saturated rings. The Balaban J connectivity index is 2.06. The zero-order valence-corrected chi connectivity index (χ0v) is 13.1. The van der Waals surface area contributed by atoms with E-state index in [9.17, 15) is 4.79 Å². The molecule has 0 aliphatic rings. The van der Waals surface area contributed by atoms with Gasteiger partial charge in [-0.25, -0.2) is 0 Å². The standard InChI is InChI=1S/C18H20N2O2/c1-14-6-8-17(22-3)16(11-14)7-9-18(21)20(2)13-15-5-4-10-19-12-15/h4-12H,13H2,1-3H3/b9-7+. The van der Waals surface area contributed by atoms with Crippen molar-refractivity contribution in [1.29, 1.82) is 0 Å². The van der Waals surface area contributed by atoms with Crippen LogP contribution in [0.15, 0.2) is 48.8 Å². The molecular formula is C18H20N2O2. The lowest BCUT2D eigenvalue weighted by Gasteiger charge is -2.14. The minimum absolute atomic E-state index is 0.0626. The molecule has 2 aromatic rings. The summed E-state index contributed by atoms with van der Waals surface area (Å²) in [6, 6.07) is 9.68. The molecule has 1 aromatic carbocycles. The summed E-state index contributed by atoms with van der Waals surface area (Å²) in [6.07, 6.45) is 6.83. The molecule has 1 amide bonds. The number of carbonyl (C=O) groups is 1. The molecule has 1 aromatic heterocycles. The van der Waals surface area contributed by atoms with Crippen molar-refractivity contribution < 1.29 is 9.53 Å². The number of aryl methyl sites for hydroxylation is 1. The van der Waals surface area contributed by atoms with Gasteiger partial charge < -0.3 is 9.64 Å². The van der Waals surface area contributed by atoms with Crippen LogP contribution in [0.1, 0.15) is 16.7 Å². The van der Waals surface area contributed by atoms with E-state index in [0.717, 1.165) is 22.4 Å². The van der Waals surface area contributed by atoms with Crippen molar-refractivity contribution in [2.24, 2.45) is 0 Å². The van der Waals surface area contributed by atoms with E-state index in [2.05, 4.69) is 4.98 Å². The fraction of sp³-hybridized carbons (Fsp3) is 0.222. The number of hydrogen-bond donors (Lipinski definition) is 0. The topological polar surface area (TPSA) is 42.4 Å². The minimum atomic E-state index is -0.0626. The van der Waals surface area contributed by atoms with E-state index in [0.29, 0.717) is 6.54 Å². The molecular weight excluding hydrogens is 276 g/mol. The van der Waals surface area contributed by atoms with Crippen LogP contribution < -0.4 is 4.74 Å². The van der Waals surface area contributed by atoms with Crippen molar-refractivity contribution in [2.45, 2.75) is 13.5 Å². The molecule has 0 atom stereocenters. The van der Waals surface area contributed by atoms with Crippen LogP contribution in [-0.2, 0) is 11.3 Å². The van der Waals surface area contributed by atoms with Crippen molar-refractivity contribution >= 4 is 12.0 Å². The summed E-state index contributed by atoms with van der Waals surface area (Å²) in [5, 5.41) is 0. The molecule has 0 aliphatic heterocycles. The Morgan fingerprint density at radius 3 is 2.86 bits per heavy atom. The van der Waals surface area contributed by atoms with Crippen molar-refractivity contribution in [3.63, 3.8) is 0 Å². The summed E-state index contributed by atoms with van der Waals surface area (Å²) in [7, 11) is 3.39. The lowest BCUT2D eigenvalue weighted by atomic mass is 10.1. The molecule has 4 nitrogen and oxygen atoms in total. The summed E-state index contributed by atoms with van der Waals surface area (Å²) in [5.74, 6) is 0.692. The first kappa shape index (κ1) is 15.8. The van der Waals surface area contributed by atoms with Gasteiger partial charge in [0.05, 0.1) is 7.11 Å². The van der Waals surface area contributed by atoms with Crippen molar-refractivity contribution in [3.8, 4) is 5.75 Å². The molecule has 22 heavy (non-hydrogen) atoms. The number of nitrogens with zero attached hydrogens (tertiary/aromatic N) is 2. The predicted octanol–water partition coefficient (Wildman–Crippen LogP) is 3.07. The lowest BCUT2D eigenvalue weighted by molar-refractivity contribution is -0.125. The summed E-state index contributed by atoms with van der Waals surface area (Å²) in [6.45, 7) is 2.54. The number of likely N-dealkylation sites (N-methyl/N-ethyl adjacent to an activating group) is 1. The smallest absolute Gasteiger partial charge is 0.246 e. The molecule has 0 unspecified atom stereocenters. The second-order valence-corrected chi connectivity index (χ2v) is 5.13. The Morgan fingerprint density at radius 1 is 1.36 bits per heavy atom. The van der Waals surface area contributed by atoms with Gasteiger partial charge >= 0.3 is 0 Å². The first-order valence-corrected chi connectivity index (χ1v) is 7.07. The van der Waals surface area contributed by atoms with Crippen LogP contribution >= 0.6 is 0 Å². The number of benzene rings is 1. The van der Waals surface area contributed by atoms with E-state index in [1.165, 1.54) is 0 Å². The average Bonchev–Trinajstić information content (AvgIpc) is 2.53. The van der Waals surface area contributed by atoms with Gasteiger partial charge in [0, 0.05) is 37.6 Å². The maximum atomic E-state index is 12.2. The molecule has 0 saturated heterocycles. The van der Waals surface area contributed by atoms with Gasteiger partial charge in [-0.3, -0.25) is 9.78 Å². The zero-order chi connectivity index (χ0) is 15.9. The number of hydrogen-bond acceptors (Lipinski definition) is 3. The fourth-order valence-electron chi connectivity index (χ4n) is 2.12. The second-order valence-electron chi connectivity index (χ2n) is 5.13. The monoisotopic (exact) mass is 296 g/mol. The fourth-order valence-corrected chi connectivity index (χ4v) is 2.12. The summed E-state index contributed by atoms with van der Waals surface area (Å²) < 4.78 is 5.30. The van der Waals surface area contributed by atoms with E-state index in [-0.39, 0.29) is 5.91 Å². The maximum Gasteiger partial charge on any atom is 0.246 e. The van der Waals surface area contributed by atoms with Gasteiger partial charge in [-0.1, -0.05) is 17.7 Å². The van der Waals surface area contributed by atoms with Gasteiger partial charge in [0.1, 0.15) is 5.75 Å². The largest absolute Gasteiger partial charge is 0.496 e. The van der Waals surface area contributed by atoms with Crippen LogP contribution in [0.2, 0.25) is 0 Å². The quantitative estimate of drug-likeness (QED) is 0.796. The zero-order valence-electron chi connectivity index (χ0n) is 13.1. The Labute approximate surface area is 131 Å².